The van der Waals surface area contributed by atoms with Gasteiger partial charge in [0.25, 0.3) is 0 Å². The average Bonchev–Trinajstić information content (AvgIpc) is 3.31. The minimum Gasteiger partial charge on any atom is -0.497 e. The van der Waals surface area contributed by atoms with E-state index >= 15 is 0 Å². The first-order valence-corrected chi connectivity index (χ1v) is 7.97. The number of aromatic nitrogens is 3. The summed E-state index contributed by atoms with van der Waals surface area (Å²) in [5, 5.41) is 0. The van der Waals surface area contributed by atoms with E-state index in [0.29, 0.717) is 23.7 Å². The fraction of sp³-hybridized carbons (Fsp3) is 0.625. The quantitative estimate of drug-likeness (QED) is 0.735. The topological polar surface area (TPSA) is 58.2 Å². The van der Waals surface area contributed by atoms with Crippen molar-refractivity contribution in [1.29, 1.82) is 0 Å². The SMILES string of the molecule is COC1=C[C@]23[C@@H]4[C@@H]5[C@@H]6[C@H]5[C@@H](n5c(=O)n(C)c(=O)n5[C@@H]62)[C@@]43C=C1. The smallest absolute Gasteiger partial charge is 0.347 e. The van der Waals surface area contributed by atoms with Gasteiger partial charge < -0.3 is 4.74 Å². The maximum Gasteiger partial charge on any atom is 0.347 e. The highest BCUT2D eigenvalue weighted by Crippen LogP contribution is 3.03. The summed E-state index contributed by atoms with van der Waals surface area (Å²) in [6.07, 6.45) is 6.63. The number of hydrogen-bond donors (Lipinski definition) is 0. The molecule has 1 aromatic heterocycles. The lowest BCUT2D eigenvalue weighted by Gasteiger charge is -2.47. The summed E-state index contributed by atoms with van der Waals surface area (Å²) >= 11 is 0. The maximum absolute atomic E-state index is 12.6. The molecule has 0 amide bonds. The van der Waals surface area contributed by atoms with Crippen molar-refractivity contribution in [2.45, 2.75) is 12.1 Å². The van der Waals surface area contributed by atoms with Gasteiger partial charge in [-0.15, -0.1) is 0 Å². The van der Waals surface area contributed by atoms with E-state index in [1.54, 1.807) is 23.5 Å². The maximum atomic E-state index is 12.6. The van der Waals surface area contributed by atoms with Crippen molar-refractivity contribution in [2.24, 2.45) is 41.5 Å². The van der Waals surface area contributed by atoms with Crippen LogP contribution in [0.3, 0.4) is 0 Å². The molecular formula is C16H15N3O3. The molecule has 4 fully saturated rings. The zero-order valence-electron chi connectivity index (χ0n) is 12.3. The summed E-state index contributed by atoms with van der Waals surface area (Å²) in [6, 6.07) is 0.318. The molecule has 2 bridgehead atoms. The summed E-state index contributed by atoms with van der Waals surface area (Å²) in [4.78, 5) is 25.2. The Balaban J connectivity index is 1.64. The average molecular weight is 297 g/mol. The second kappa shape index (κ2) is 2.47. The Labute approximate surface area is 125 Å². The molecule has 7 aliphatic rings. The van der Waals surface area contributed by atoms with Gasteiger partial charge in [-0.25, -0.2) is 23.5 Å². The predicted molar refractivity (Wildman–Crippen MR) is 75.1 cm³/mol. The molecule has 0 N–H and O–H groups in total. The second-order valence-electron chi connectivity index (χ2n) is 7.86. The fourth-order valence-corrected chi connectivity index (χ4v) is 7.51. The van der Waals surface area contributed by atoms with Gasteiger partial charge in [-0.05, 0) is 35.8 Å². The molecule has 0 radical (unpaired) electrons. The molecule has 6 nitrogen and oxygen atoms in total. The second-order valence-corrected chi connectivity index (χ2v) is 7.86. The first-order valence-electron chi connectivity index (χ1n) is 7.97. The van der Waals surface area contributed by atoms with Crippen LogP contribution < -0.4 is 11.4 Å². The van der Waals surface area contributed by atoms with E-state index < -0.39 is 0 Å². The molecule has 1 aromatic rings. The first kappa shape index (κ1) is 10.7. The molecule has 2 aliphatic heterocycles. The first-order chi connectivity index (χ1) is 10.6. The lowest BCUT2D eigenvalue weighted by molar-refractivity contribution is 0.0417. The van der Waals surface area contributed by atoms with Gasteiger partial charge in [0, 0.05) is 17.9 Å². The normalized spacial score (nSPS) is 55.6. The van der Waals surface area contributed by atoms with Crippen LogP contribution in [0.25, 0.3) is 0 Å². The van der Waals surface area contributed by atoms with Crippen LogP contribution in [0.15, 0.2) is 33.6 Å². The third-order valence-corrected chi connectivity index (χ3v) is 7.85. The highest BCUT2D eigenvalue weighted by molar-refractivity contribution is 5.58. The molecule has 0 aromatic carbocycles. The van der Waals surface area contributed by atoms with E-state index in [1.165, 1.54) is 4.57 Å². The number of hydrogen-bond acceptors (Lipinski definition) is 3. The van der Waals surface area contributed by atoms with Gasteiger partial charge in [0.15, 0.2) is 0 Å². The van der Waals surface area contributed by atoms with Crippen molar-refractivity contribution in [3.8, 4) is 0 Å². The largest absolute Gasteiger partial charge is 0.497 e. The standard InChI is InChI=1S/C16H15N3O3/c1-17-13(20)18-11-8-7-9(8)12(19(18)14(17)21)16-5-6(22-2)3-4-15(11,16)10(7)16/h3-5,7-12H,1-2H3/t7-,8-,9+,10+,11+,12-,15+,16-/m0/s1. The van der Waals surface area contributed by atoms with E-state index in [9.17, 15) is 9.59 Å². The van der Waals surface area contributed by atoms with Gasteiger partial charge in [-0.3, -0.25) is 0 Å². The van der Waals surface area contributed by atoms with Crippen molar-refractivity contribution in [2.75, 3.05) is 7.11 Å². The van der Waals surface area contributed by atoms with E-state index in [4.69, 9.17) is 4.74 Å². The molecule has 5 aliphatic carbocycles. The summed E-state index contributed by atoms with van der Waals surface area (Å²) in [7, 11) is 3.29. The number of nitrogens with zero attached hydrogens (tertiary/aromatic N) is 3. The van der Waals surface area contributed by atoms with Crippen LogP contribution in [0.2, 0.25) is 0 Å². The molecule has 0 unspecified atom stereocenters. The predicted octanol–water partition coefficient (Wildman–Crippen LogP) is 0.0364. The molecule has 4 saturated carbocycles. The summed E-state index contributed by atoms with van der Waals surface area (Å²) in [6.45, 7) is 0. The minimum atomic E-state index is -0.151. The summed E-state index contributed by atoms with van der Waals surface area (Å²) < 4.78 is 10.3. The molecule has 0 saturated heterocycles. The van der Waals surface area contributed by atoms with Crippen LogP contribution >= 0.6 is 0 Å². The molecule has 112 valence electrons. The molecule has 8 rings (SSSR count). The van der Waals surface area contributed by atoms with Gasteiger partial charge in [0.1, 0.15) is 5.76 Å². The van der Waals surface area contributed by atoms with Crippen LogP contribution in [-0.4, -0.2) is 21.0 Å². The van der Waals surface area contributed by atoms with Crippen LogP contribution in [0.1, 0.15) is 12.1 Å². The van der Waals surface area contributed by atoms with E-state index in [0.717, 1.165) is 5.76 Å². The molecule has 8 atom stereocenters. The Bertz CT molecular complexity index is 993. The lowest BCUT2D eigenvalue weighted by atomic mass is 9.69. The van der Waals surface area contributed by atoms with E-state index in [1.807, 2.05) is 0 Å². The van der Waals surface area contributed by atoms with Gasteiger partial charge in [-0.2, -0.15) is 0 Å². The molecular weight excluding hydrogens is 282 g/mol. The van der Waals surface area contributed by atoms with Crippen molar-refractivity contribution in [1.82, 2.24) is 13.9 Å². The lowest BCUT2D eigenvalue weighted by Crippen LogP contribution is -2.52. The highest BCUT2D eigenvalue weighted by Gasteiger charge is 3.02. The Hall–Kier alpha value is -1.98. The van der Waals surface area contributed by atoms with Crippen molar-refractivity contribution in [3.05, 3.63) is 45.0 Å². The van der Waals surface area contributed by atoms with Crippen LogP contribution in [-0.2, 0) is 11.8 Å². The zero-order valence-corrected chi connectivity index (χ0v) is 12.3. The van der Waals surface area contributed by atoms with E-state index in [2.05, 4.69) is 18.2 Å². The number of ether oxygens (including phenoxy) is 1. The number of allylic oxidation sites excluding steroid dienone is 3. The van der Waals surface area contributed by atoms with Gasteiger partial charge in [0.05, 0.1) is 19.2 Å². The Morgan fingerprint density at radius 3 is 2.32 bits per heavy atom. The Morgan fingerprint density at radius 2 is 1.68 bits per heavy atom. The zero-order chi connectivity index (χ0) is 14.8. The minimum absolute atomic E-state index is 0.0272. The Morgan fingerprint density at radius 1 is 1.05 bits per heavy atom. The molecule has 22 heavy (non-hydrogen) atoms. The third kappa shape index (κ3) is 0.616. The van der Waals surface area contributed by atoms with Crippen molar-refractivity contribution >= 4 is 0 Å². The summed E-state index contributed by atoms with van der Waals surface area (Å²) in [5.41, 5.74) is -0.197. The van der Waals surface area contributed by atoms with Gasteiger partial charge in [0.2, 0.25) is 0 Å². The number of rotatable bonds is 1. The van der Waals surface area contributed by atoms with Crippen LogP contribution in [0.5, 0.6) is 0 Å². The fourth-order valence-electron chi connectivity index (χ4n) is 7.51. The van der Waals surface area contributed by atoms with Crippen LogP contribution in [0, 0.1) is 34.5 Å². The third-order valence-electron chi connectivity index (χ3n) is 7.85. The summed E-state index contributed by atoms with van der Waals surface area (Å²) in [5.74, 6) is 3.41. The highest BCUT2D eigenvalue weighted by atomic mass is 16.5. The van der Waals surface area contributed by atoms with Crippen molar-refractivity contribution in [3.63, 3.8) is 0 Å². The van der Waals surface area contributed by atoms with Gasteiger partial charge >= 0.3 is 11.4 Å². The van der Waals surface area contributed by atoms with Crippen molar-refractivity contribution < 1.29 is 4.74 Å². The number of methoxy groups -OCH3 is 1. The van der Waals surface area contributed by atoms with Crippen LogP contribution in [0.4, 0.5) is 0 Å². The van der Waals surface area contributed by atoms with Gasteiger partial charge in [-0.1, -0.05) is 6.08 Å². The monoisotopic (exact) mass is 297 g/mol. The van der Waals surface area contributed by atoms with E-state index in [-0.39, 0.29) is 34.3 Å². The molecule has 3 heterocycles. The molecule has 2 spiro atoms. The molecule has 6 heteroatoms. The Kier molecular flexibility index (Phi) is 1.20.